The average molecular weight is 274 g/mol. The van der Waals surface area contributed by atoms with E-state index in [1.54, 1.807) is 0 Å². The van der Waals surface area contributed by atoms with Gasteiger partial charge in [-0.3, -0.25) is 9.59 Å². The normalized spacial score (nSPS) is 18.4. The zero-order chi connectivity index (χ0) is 14.5. The molecule has 0 fully saturated rings. The number of hydrogen-bond donors (Lipinski definition) is 1. The summed E-state index contributed by atoms with van der Waals surface area (Å²) in [6.07, 6.45) is 3.48. The van der Waals surface area contributed by atoms with Crippen molar-refractivity contribution in [1.29, 1.82) is 0 Å². The fourth-order valence-corrected chi connectivity index (χ4v) is 2.64. The summed E-state index contributed by atoms with van der Waals surface area (Å²) >= 11 is 0. The van der Waals surface area contributed by atoms with Gasteiger partial charge in [-0.05, 0) is 30.9 Å². The van der Waals surface area contributed by atoms with Crippen molar-refractivity contribution in [2.75, 3.05) is 11.4 Å². The molecular formula is C16H22N2O2. The Morgan fingerprint density at radius 3 is 2.85 bits per heavy atom. The number of rotatable bonds is 4. The lowest BCUT2D eigenvalue weighted by Gasteiger charge is -2.26. The highest BCUT2D eigenvalue weighted by atomic mass is 16.2. The number of carbonyl (C=O) groups is 2. The maximum atomic E-state index is 12.7. The zero-order valence-corrected chi connectivity index (χ0v) is 12.2. The molecule has 20 heavy (non-hydrogen) atoms. The third-order valence-electron chi connectivity index (χ3n) is 3.66. The molecule has 1 atom stereocenters. The van der Waals surface area contributed by atoms with Crippen LogP contribution < -0.4 is 10.2 Å². The number of nitrogens with zero attached hydrogens (tertiary/aromatic N) is 1. The van der Waals surface area contributed by atoms with Crippen LogP contribution in [-0.2, 0) is 16.0 Å². The average Bonchev–Trinajstić information content (AvgIpc) is 2.55. The van der Waals surface area contributed by atoms with E-state index in [0.717, 1.165) is 24.9 Å². The van der Waals surface area contributed by atoms with Crippen molar-refractivity contribution < 1.29 is 9.59 Å². The number of fused-ring (bicyclic) bond motifs is 1. The summed E-state index contributed by atoms with van der Waals surface area (Å²) in [5, 5.41) is 2.78. The van der Waals surface area contributed by atoms with E-state index in [0.29, 0.717) is 13.0 Å². The van der Waals surface area contributed by atoms with Gasteiger partial charge in [-0.25, -0.2) is 0 Å². The van der Waals surface area contributed by atoms with Crippen molar-refractivity contribution >= 4 is 17.5 Å². The molecule has 0 bridgehead atoms. The Hall–Kier alpha value is -1.84. The first-order chi connectivity index (χ1) is 9.63. The standard InChI is InChI=1S/C16H22N2O2/c1-3-4-11-18-15-8-6-5-7-13(15)9-10-14(16(18)20)17-12(2)19/h5-8,14H,3-4,9-11H2,1-2H3,(H,17,19). The summed E-state index contributed by atoms with van der Waals surface area (Å²) in [6.45, 7) is 4.28. The highest BCUT2D eigenvalue weighted by Crippen LogP contribution is 2.27. The summed E-state index contributed by atoms with van der Waals surface area (Å²) in [5.41, 5.74) is 2.18. The molecule has 0 saturated heterocycles. The Morgan fingerprint density at radius 1 is 1.40 bits per heavy atom. The fourth-order valence-electron chi connectivity index (χ4n) is 2.64. The second kappa shape index (κ2) is 6.55. The molecule has 1 N–H and O–H groups in total. The highest BCUT2D eigenvalue weighted by molar-refractivity contribution is 6.00. The maximum absolute atomic E-state index is 12.7. The van der Waals surface area contributed by atoms with E-state index in [-0.39, 0.29) is 11.8 Å². The molecule has 1 aromatic carbocycles. The first-order valence-corrected chi connectivity index (χ1v) is 7.30. The van der Waals surface area contributed by atoms with Gasteiger partial charge in [-0.1, -0.05) is 31.5 Å². The molecule has 1 aliphatic rings. The topological polar surface area (TPSA) is 49.4 Å². The molecular weight excluding hydrogens is 252 g/mol. The third kappa shape index (κ3) is 3.18. The van der Waals surface area contributed by atoms with Crippen LogP contribution in [0.3, 0.4) is 0 Å². The van der Waals surface area contributed by atoms with E-state index in [4.69, 9.17) is 0 Å². The second-order valence-electron chi connectivity index (χ2n) is 5.26. The number of amides is 2. The predicted octanol–water partition coefficient (Wildman–Crippen LogP) is 2.27. The SMILES string of the molecule is CCCCN1C(=O)C(NC(C)=O)CCc2ccccc21. The van der Waals surface area contributed by atoms with Crippen molar-refractivity contribution in [3.63, 3.8) is 0 Å². The lowest BCUT2D eigenvalue weighted by Crippen LogP contribution is -2.47. The lowest BCUT2D eigenvalue weighted by atomic mass is 10.1. The van der Waals surface area contributed by atoms with Crippen LogP contribution in [-0.4, -0.2) is 24.4 Å². The van der Waals surface area contributed by atoms with Gasteiger partial charge in [0.2, 0.25) is 11.8 Å². The van der Waals surface area contributed by atoms with E-state index in [1.165, 1.54) is 12.5 Å². The molecule has 0 saturated carbocycles. The van der Waals surface area contributed by atoms with Crippen LogP contribution in [0.25, 0.3) is 0 Å². The fraction of sp³-hybridized carbons (Fsp3) is 0.500. The molecule has 1 aromatic rings. The van der Waals surface area contributed by atoms with E-state index < -0.39 is 6.04 Å². The predicted molar refractivity (Wildman–Crippen MR) is 79.6 cm³/mol. The number of hydrogen-bond acceptors (Lipinski definition) is 2. The number of para-hydroxylation sites is 1. The molecule has 0 aromatic heterocycles. The first-order valence-electron chi connectivity index (χ1n) is 7.30. The molecule has 1 unspecified atom stereocenters. The lowest BCUT2D eigenvalue weighted by molar-refractivity contribution is -0.126. The van der Waals surface area contributed by atoms with Crippen molar-refractivity contribution in [2.45, 2.75) is 45.6 Å². The molecule has 0 radical (unpaired) electrons. The Bertz CT molecular complexity index is 499. The Balaban J connectivity index is 2.30. The first kappa shape index (κ1) is 14.6. The second-order valence-corrected chi connectivity index (χ2v) is 5.26. The van der Waals surface area contributed by atoms with Crippen LogP contribution in [0, 0.1) is 0 Å². The van der Waals surface area contributed by atoms with E-state index >= 15 is 0 Å². The van der Waals surface area contributed by atoms with Crippen molar-refractivity contribution in [2.24, 2.45) is 0 Å². The quantitative estimate of drug-likeness (QED) is 0.915. The molecule has 108 valence electrons. The minimum absolute atomic E-state index is 0.0126. The number of aryl methyl sites for hydroxylation is 1. The maximum Gasteiger partial charge on any atom is 0.249 e. The largest absolute Gasteiger partial charge is 0.345 e. The molecule has 4 heteroatoms. The van der Waals surface area contributed by atoms with Gasteiger partial charge in [0.1, 0.15) is 6.04 Å². The van der Waals surface area contributed by atoms with Crippen LogP contribution >= 0.6 is 0 Å². The van der Waals surface area contributed by atoms with E-state index in [2.05, 4.69) is 18.3 Å². The summed E-state index contributed by atoms with van der Waals surface area (Å²) in [6, 6.07) is 7.62. The van der Waals surface area contributed by atoms with Gasteiger partial charge in [-0.2, -0.15) is 0 Å². The zero-order valence-electron chi connectivity index (χ0n) is 12.2. The Kier molecular flexibility index (Phi) is 4.77. The van der Waals surface area contributed by atoms with Crippen LogP contribution in [0.15, 0.2) is 24.3 Å². The summed E-state index contributed by atoms with van der Waals surface area (Å²) in [5.74, 6) is -0.136. The van der Waals surface area contributed by atoms with Crippen molar-refractivity contribution in [3.8, 4) is 0 Å². The smallest absolute Gasteiger partial charge is 0.249 e. The van der Waals surface area contributed by atoms with Gasteiger partial charge in [0, 0.05) is 19.2 Å². The number of unbranched alkanes of at least 4 members (excludes halogenated alkanes) is 1. The van der Waals surface area contributed by atoms with Crippen molar-refractivity contribution in [1.82, 2.24) is 5.32 Å². The Labute approximate surface area is 120 Å². The summed E-state index contributed by atoms with van der Waals surface area (Å²) in [4.78, 5) is 25.8. The molecule has 0 spiro atoms. The monoisotopic (exact) mass is 274 g/mol. The molecule has 1 aliphatic heterocycles. The number of benzene rings is 1. The van der Waals surface area contributed by atoms with Gasteiger partial charge < -0.3 is 10.2 Å². The van der Waals surface area contributed by atoms with Crippen LogP contribution in [0.2, 0.25) is 0 Å². The highest BCUT2D eigenvalue weighted by Gasteiger charge is 2.30. The molecule has 4 nitrogen and oxygen atoms in total. The van der Waals surface area contributed by atoms with Crippen LogP contribution in [0.5, 0.6) is 0 Å². The number of carbonyl (C=O) groups excluding carboxylic acids is 2. The van der Waals surface area contributed by atoms with E-state index in [1.807, 2.05) is 23.1 Å². The van der Waals surface area contributed by atoms with Gasteiger partial charge >= 0.3 is 0 Å². The molecule has 1 heterocycles. The van der Waals surface area contributed by atoms with Crippen LogP contribution in [0.4, 0.5) is 5.69 Å². The Morgan fingerprint density at radius 2 is 2.15 bits per heavy atom. The molecule has 0 aliphatic carbocycles. The van der Waals surface area contributed by atoms with Crippen molar-refractivity contribution in [3.05, 3.63) is 29.8 Å². The minimum atomic E-state index is -0.406. The molecule has 2 rings (SSSR count). The minimum Gasteiger partial charge on any atom is -0.345 e. The number of nitrogens with one attached hydrogen (secondary N) is 1. The van der Waals surface area contributed by atoms with Gasteiger partial charge in [0.15, 0.2) is 0 Å². The molecule has 2 amide bonds. The van der Waals surface area contributed by atoms with E-state index in [9.17, 15) is 9.59 Å². The van der Waals surface area contributed by atoms with Gasteiger partial charge in [-0.15, -0.1) is 0 Å². The third-order valence-corrected chi connectivity index (χ3v) is 3.66. The van der Waals surface area contributed by atoms with Gasteiger partial charge in [0.05, 0.1) is 0 Å². The van der Waals surface area contributed by atoms with Crippen LogP contribution in [0.1, 0.15) is 38.7 Å². The summed E-state index contributed by atoms with van der Waals surface area (Å²) < 4.78 is 0. The van der Waals surface area contributed by atoms with Gasteiger partial charge in [0.25, 0.3) is 0 Å². The number of anilines is 1. The summed E-state index contributed by atoms with van der Waals surface area (Å²) in [7, 11) is 0.